The third kappa shape index (κ3) is 4.09. The molecule has 2 aromatic rings. The Kier molecular flexibility index (Phi) is 4.99. The average molecular weight is 321 g/mol. The molecule has 9 heteroatoms. The van der Waals surface area contributed by atoms with E-state index in [2.05, 4.69) is 20.8 Å². The van der Waals surface area contributed by atoms with Gasteiger partial charge in [0.1, 0.15) is 23.7 Å². The number of nitrogens with one attached hydrogen (secondary N) is 1. The van der Waals surface area contributed by atoms with Crippen molar-refractivity contribution in [3.63, 3.8) is 0 Å². The van der Waals surface area contributed by atoms with E-state index in [-0.39, 0.29) is 12.2 Å². The SMILES string of the molecule is Cc1nnnn1C(Cc1ccc(F)cc1)C(=O)N[C@H](C)C(=O)O. The number of aromatic nitrogens is 4. The molecule has 1 aromatic carbocycles. The van der Waals surface area contributed by atoms with Gasteiger partial charge < -0.3 is 10.4 Å². The van der Waals surface area contributed by atoms with E-state index < -0.39 is 24.0 Å². The zero-order chi connectivity index (χ0) is 17.0. The smallest absolute Gasteiger partial charge is 0.325 e. The Hall–Kier alpha value is -2.84. The number of hydrogen-bond donors (Lipinski definition) is 2. The topological polar surface area (TPSA) is 110 Å². The fraction of sp³-hybridized carbons (Fsp3) is 0.357. The molecule has 0 spiro atoms. The number of nitrogens with zero attached hydrogens (tertiary/aromatic N) is 4. The second-order valence-corrected chi connectivity index (χ2v) is 5.09. The molecule has 0 fully saturated rings. The fourth-order valence-corrected chi connectivity index (χ4v) is 2.03. The molecular weight excluding hydrogens is 305 g/mol. The molecule has 1 heterocycles. The molecule has 1 unspecified atom stereocenters. The molecule has 1 aromatic heterocycles. The molecule has 0 saturated carbocycles. The average Bonchev–Trinajstić information content (AvgIpc) is 2.92. The zero-order valence-electron chi connectivity index (χ0n) is 12.6. The summed E-state index contributed by atoms with van der Waals surface area (Å²) in [7, 11) is 0. The van der Waals surface area contributed by atoms with E-state index in [1.54, 1.807) is 19.1 Å². The van der Waals surface area contributed by atoms with Crippen LogP contribution in [0.5, 0.6) is 0 Å². The highest BCUT2D eigenvalue weighted by molar-refractivity contribution is 5.85. The molecule has 2 N–H and O–H groups in total. The Balaban J connectivity index is 2.25. The number of rotatable bonds is 6. The van der Waals surface area contributed by atoms with Gasteiger partial charge in [-0.1, -0.05) is 12.1 Å². The Morgan fingerprint density at radius 1 is 1.35 bits per heavy atom. The molecular formula is C14H16FN5O3. The summed E-state index contributed by atoms with van der Waals surface area (Å²) in [4.78, 5) is 23.3. The number of aliphatic carboxylic acids is 1. The maximum atomic E-state index is 13.0. The van der Waals surface area contributed by atoms with Crippen LogP contribution in [0.3, 0.4) is 0 Å². The second-order valence-electron chi connectivity index (χ2n) is 5.09. The summed E-state index contributed by atoms with van der Waals surface area (Å²) in [6.07, 6.45) is 0.199. The van der Waals surface area contributed by atoms with Gasteiger partial charge in [-0.05, 0) is 42.0 Å². The Morgan fingerprint density at radius 2 is 2.00 bits per heavy atom. The minimum absolute atomic E-state index is 0.199. The molecule has 23 heavy (non-hydrogen) atoms. The number of benzene rings is 1. The standard InChI is InChI=1S/C14H16FN5O3/c1-8(14(22)23)16-13(21)12(20-9(2)17-18-19-20)7-10-3-5-11(15)6-4-10/h3-6,8,12H,7H2,1-2H3,(H,16,21)(H,22,23)/t8-,12?/m1/s1. The van der Waals surface area contributed by atoms with E-state index in [1.165, 1.54) is 23.7 Å². The van der Waals surface area contributed by atoms with Crippen molar-refractivity contribution < 1.29 is 19.1 Å². The number of carbonyl (C=O) groups is 2. The van der Waals surface area contributed by atoms with Gasteiger partial charge in [-0.2, -0.15) is 0 Å². The van der Waals surface area contributed by atoms with Gasteiger partial charge in [-0.25, -0.2) is 9.07 Å². The van der Waals surface area contributed by atoms with E-state index in [9.17, 15) is 14.0 Å². The highest BCUT2D eigenvalue weighted by atomic mass is 19.1. The second kappa shape index (κ2) is 6.95. The van der Waals surface area contributed by atoms with Crippen molar-refractivity contribution in [3.8, 4) is 0 Å². The summed E-state index contributed by atoms with van der Waals surface area (Å²) in [5, 5.41) is 22.3. The monoisotopic (exact) mass is 321 g/mol. The highest BCUT2D eigenvalue weighted by Crippen LogP contribution is 2.16. The molecule has 0 saturated heterocycles. The Morgan fingerprint density at radius 3 is 2.52 bits per heavy atom. The van der Waals surface area contributed by atoms with E-state index in [0.29, 0.717) is 11.4 Å². The number of carboxylic acid groups (broad SMARTS) is 1. The van der Waals surface area contributed by atoms with Crippen LogP contribution in [-0.4, -0.2) is 43.2 Å². The third-order valence-electron chi connectivity index (χ3n) is 3.33. The first-order valence-electron chi connectivity index (χ1n) is 6.90. The van der Waals surface area contributed by atoms with Crippen molar-refractivity contribution >= 4 is 11.9 Å². The van der Waals surface area contributed by atoms with Crippen molar-refractivity contribution in [2.75, 3.05) is 0 Å². The zero-order valence-corrected chi connectivity index (χ0v) is 12.6. The largest absolute Gasteiger partial charge is 0.480 e. The minimum Gasteiger partial charge on any atom is -0.480 e. The molecule has 0 bridgehead atoms. The van der Waals surface area contributed by atoms with Crippen LogP contribution in [0.2, 0.25) is 0 Å². The van der Waals surface area contributed by atoms with Crippen molar-refractivity contribution in [2.24, 2.45) is 0 Å². The Bertz CT molecular complexity index is 701. The van der Waals surface area contributed by atoms with E-state index >= 15 is 0 Å². The molecule has 2 rings (SSSR count). The number of carboxylic acids is 1. The number of amides is 1. The highest BCUT2D eigenvalue weighted by Gasteiger charge is 2.26. The fourth-order valence-electron chi connectivity index (χ4n) is 2.03. The number of tetrazole rings is 1. The molecule has 2 atom stereocenters. The summed E-state index contributed by atoms with van der Waals surface area (Å²) >= 11 is 0. The summed E-state index contributed by atoms with van der Waals surface area (Å²) < 4.78 is 14.3. The minimum atomic E-state index is -1.15. The van der Waals surface area contributed by atoms with Crippen LogP contribution < -0.4 is 5.32 Å². The summed E-state index contributed by atoms with van der Waals surface area (Å²) in [6, 6.07) is 3.80. The summed E-state index contributed by atoms with van der Waals surface area (Å²) in [5.41, 5.74) is 0.699. The molecule has 0 aliphatic carbocycles. The van der Waals surface area contributed by atoms with Crippen molar-refractivity contribution in [2.45, 2.75) is 32.4 Å². The van der Waals surface area contributed by atoms with Gasteiger partial charge in [0.2, 0.25) is 5.91 Å². The van der Waals surface area contributed by atoms with Gasteiger partial charge in [-0.15, -0.1) is 5.10 Å². The Labute approximate surface area is 131 Å². The lowest BCUT2D eigenvalue weighted by Crippen LogP contribution is -2.43. The van der Waals surface area contributed by atoms with Crippen LogP contribution in [0.1, 0.15) is 24.4 Å². The van der Waals surface area contributed by atoms with E-state index in [0.717, 1.165) is 0 Å². The van der Waals surface area contributed by atoms with Gasteiger partial charge in [0, 0.05) is 6.42 Å². The van der Waals surface area contributed by atoms with Crippen LogP contribution in [-0.2, 0) is 16.0 Å². The van der Waals surface area contributed by atoms with Crippen LogP contribution in [0.25, 0.3) is 0 Å². The van der Waals surface area contributed by atoms with E-state index in [1.807, 2.05) is 0 Å². The maximum absolute atomic E-state index is 13.0. The predicted octanol–water partition coefficient (Wildman–Crippen LogP) is 0.494. The first-order valence-corrected chi connectivity index (χ1v) is 6.90. The normalized spacial score (nSPS) is 13.3. The number of aryl methyl sites for hydroxylation is 1. The number of halogens is 1. The lowest BCUT2D eigenvalue weighted by atomic mass is 10.0. The third-order valence-corrected chi connectivity index (χ3v) is 3.33. The van der Waals surface area contributed by atoms with Crippen molar-refractivity contribution in [3.05, 3.63) is 41.5 Å². The maximum Gasteiger partial charge on any atom is 0.325 e. The summed E-state index contributed by atoms with van der Waals surface area (Å²) in [6.45, 7) is 2.99. The van der Waals surface area contributed by atoms with E-state index in [4.69, 9.17) is 5.11 Å². The quantitative estimate of drug-likeness (QED) is 0.801. The molecule has 0 radical (unpaired) electrons. The molecule has 0 aliphatic rings. The van der Waals surface area contributed by atoms with Crippen LogP contribution >= 0.6 is 0 Å². The molecule has 122 valence electrons. The predicted molar refractivity (Wildman–Crippen MR) is 76.9 cm³/mol. The van der Waals surface area contributed by atoms with Gasteiger partial charge in [0.25, 0.3) is 0 Å². The van der Waals surface area contributed by atoms with Gasteiger partial charge in [0.05, 0.1) is 0 Å². The van der Waals surface area contributed by atoms with Crippen LogP contribution in [0.15, 0.2) is 24.3 Å². The van der Waals surface area contributed by atoms with Crippen LogP contribution in [0, 0.1) is 12.7 Å². The molecule has 8 nitrogen and oxygen atoms in total. The molecule has 0 aliphatic heterocycles. The van der Waals surface area contributed by atoms with Gasteiger partial charge in [-0.3, -0.25) is 9.59 Å². The molecule has 1 amide bonds. The number of carbonyl (C=O) groups excluding carboxylic acids is 1. The van der Waals surface area contributed by atoms with Crippen molar-refractivity contribution in [1.29, 1.82) is 0 Å². The van der Waals surface area contributed by atoms with Crippen LogP contribution in [0.4, 0.5) is 4.39 Å². The lowest BCUT2D eigenvalue weighted by Gasteiger charge is -2.19. The van der Waals surface area contributed by atoms with Crippen molar-refractivity contribution in [1.82, 2.24) is 25.5 Å². The van der Waals surface area contributed by atoms with Gasteiger partial charge >= 0.3 is 5.97 Å². The number of hydrogen-bond acceptors (Lipinski definition) is 5. The van der Waals surface area contributed by atoms with Gasteiger partial charge in [0.15, 0.2) is 0 Å². The summed E-state index contributed by atoms with van der Waals surface area (Å²) in [5.74, 6) is -1.64. The lowest BCUT2D eigenvalue weighted by molar-refractivity contribution is -0.141. The first-order chi connectivity index (χ1) is 10.9. The first kappa shape index (κ1) is 16.5.